The molecule has 0 aliphatic heterocycles. The third-order valence-corrected chi connectivity index (χ3v) is 2.68. The van der Waals surface area contributed by atoms with Gasteiger partial charge in [0.15, 0.2) is 11.5 Å². The standard InChI is InChI=1S/C11H14N6O3/c1-8(18)9-6-16(14-12-9)4-2-3-5-17-7-10(11(19)20)13-15-17/h6-7H,2-5H2,1H3,(H,19,20). The van der Waals surface area contributed by atoms with Gasteiger partial charge in [0, 0.05) is 20.0 Å². The van der Waals surface area contributed by atoms with E-state index in [0.29, 0.717) is 18.8 Å². The van der Waals surface area contributed by atoms with Crippen molar-refractivity contribution in [2.75, 3.05) is 0 Å². The van der Waals surface area contributed by atoms with Gasteiger partial charge in [0.2, 0.25) is 0 Å². The lowest BCUT2D eigenvalue weighted by atomic mass is 10.3. The lowest BCUT2D eigenvalue weighted by Gasteiger charge is -2.00. The number of carboxylic acids is 1. The van der Waals surface area contributed by atoms with E-state index >= 15 is 0 Å². The molecule has 0 radical (unpaired) electrons. The molecule has 0 amide bonds. The van der Waals surface area contributed by atoms with Crippen LogP contribution in [0.2, 0.25) is 0 Å². The van der Waals surface area contributed by atoms with Gasteiger partial charge < -0.3 is 5.11 Å². The quantitative estimate of drug-likeness (QED) is 0.570. The van der Waals surface area contributed by atoms with E-state index in [1.54, 1.807) is 10.9 Å². The van der Waals surface area contributed by atoms with Gasteiger partial charge >= 0.3 is 5.97 Å². The first kappa shape index (κ1) is 13.8. The maximum Gasteiger partial charge on any atom is 0.358 e. The number of carbonyl (C=O) groups excluding carboxylic acids is 1. The number of aromatic carboxylic acids is 1. The molecule has 9 nitrogen and oxygen atoms in total. The second kappa shape index (κ2) is 6.04. The molecule has 0 unspecified atom stereocenters. The van der Waals surface area contributed by atoms with Crippen LogP contribution >= 0.6 is 0 Å². The fourth-order valence-corrected chi connectivity index (χ4v) is 1.62. The van der Waals surface area contributed by atoms with Crippen LogP contribution in [-0.2, 0) is 13.1 Å². The Morgan fingerprint density at radius 1 is 1.05 bits per heavy atom. The Bertz CT molecular complexity index is 563. The zero-order valence-electron chi connectivity index (χ0n) is 10.9. The number of nitrogens with zero attached hydrogens (tertiary/aromatic N) is 6. The van der Waals surface area contributed by atoms with Crippen molar-refractivity contribution in [2.24, 2.45) is 0 Å². The fourth-order valence-electron chi connectivity index (χ4n) is 1.62. The van der Waals surface area contributed by atoms with Gasteiger partial charge in [0.25, 0.3) is 0 Å². The number of Topliss-reactive ketones (excluding diaryl/α,β-unsaturated/α-hetero) is 1. The Hall–Kier alpha value is -2.58. The van der Waals surface area contributed by atoms with Gasteiger partial charge in [-0.05, 0) is 12.8 Å². The molecule has 0 aliphatic carbocycles. The first-order valence-electron chi connectivity index (χ1n) is 6.11. The highest BCUT2D eigenvalue weighted by molar-refractivity contribution is 5.91. The molecule has 20 heavy (non-hydrogen) atoms. The SMILES string of the molecule is CC(=O)c1cn(CCCCn2cc(C(=O)O)nn2)nn1. The number of carbonyl (C=O) groups is 2. The summed E-state index contributed by atoms with van der Waals surface area (Å²) in [6.45, 7) is 2.66. The average molecular weight is 278 g/mol. The maximum atomic E-state index is 11.0. The molecule has 0 spiro atoms. The summed E-state index contributed by atoms with van der Waals surface area (Å²) in [6.07, 6.45) is 4.60. The minimum Gasteiger partial charge on any atom is -0.476 e. The summed E-state index contributed by atoms with van der Waals surface area (Å²) in [5, 5.41) is 23.5. The Balaban J connectivity index is 1.75. The molecule has 2 rings (SSSR count). The second-order valence-electron chi connectivity index (χ2n) is 4.30. The Labute approximate surface area is 114 Å². The molecule has 106 valence electrons. The van der Waals surface area contributed by atoms with Crippen molar-refractivity contribution in [1.82, 2.24) is 30.0 Å². The van der Waals surface area contributed by atoms with Crippen LogP contribution in [0.1, 0.15) is 40.7 Å². The van der Waals surface area contributed by atoms with Gasteiger partial charge in [-0.25, -0.2) is 4.79 Å². The van der Waals surface area contributed by atoms with Gasteiger partial charge in [0.05, 0.1) is 12.4 Å². The molecule has 2 aromatic rings. The highest BCUT2D eigenvalue weighted by Crippen LogP contribution is 2.00. The molecular formula is C11H14N6O3. The number of carboxylic acid groups (broad SMARTS) is 1. The van der Waals surface area contributed by atoms with Crippen LogP contribution in [0, 0.1) is 0 Å². The van der Waals surface area contributed by atoms with E-state index < -0.39 is 5.97 Å². The maximum absolute atomic E-state index is 11.0. The van der Waals surface area contributed by atoms with Crippen molar-refractivity contribution in [1.29, 1.82) is 0 Å². The first-order chi connectivity index (χ1) is 9.56. The van der Waals surface area contributed by atoms with E-state index in [1.165, 1.54) is 17.8 Å². The monoisotopic (exact) mass is 278 g/mol. The molecule has 9 heteroatoms. The number of aryl methyl sites for hydroxylation is 2. The van der Waals surface area contributed by atoms with Crippen molar-refractivity contribution < 1.29 is 14.7 Å². The zero-order chi connectivity index (χ0) is 14.5. The molecule has 0 aliphatic rings. The highest BCUT2D eigenvalue weighted by Gasteiger charge is 2.08. The van der Waals surface area contributed by atoms with E-state index in [1.807, 2.05) is 0 Å². The largest absolute Gasteiger partial charge is 0.476 e. The lowest BCUT2D eigenvalue weighted by Crippen LogP contribution is -2.03. The molecule has 2 heterocycles. The van der Waals surface area contributed by atoms with Crippen LogP contribution in [0.4, 0.5) is 0 Å². The fraction of sp³-hybridized carbons (Fsp3) is 0.455. The van der Waals surface area contributed by atoms with Crippen molar-refractivity contribution >= 4 is 11.8 Å². The minimum absolute atomic E-state index is 0.0626. The summed E-state index contributed by atoms with van der Waals surface area (Å²) in [6, 6.07) is 0. The summed E-state index contributed by atoms with van der Waals surface area (Å²) < 4.78 is 3.10. The average Bonchev–Trinajstić information content (AvgIpc) is 3.04. The topological polar surface area (TPSA) is 116 Å². The summed E-state index contributed by atoms with van der Waals surface area (Å²) in [4.78, 5) is 21.7. The smallest absolute Gasteiger partial charge is 0.358 e. The minimum atomic E-state index is -1.09. The highest BCUT2D eigenvalue weighted by atomic mass is 16.4. The Morgan fingerprint density at radius 3 is 1.95 bits per heavy atom. The number of aromatic nitrogens is 6. The summed E-state index contributed by atoms with van der Waals surface area (Å²) >= 11 is 0. The molecule has 0 atom stereocenters. The number of rotatable bonds is 7. The van der Waals surface area contributed by atoms with Crippen LogP contribution in [0.3, 0.4) is 0 Å². The molecule has 2 aromatic heterocycles. The van der Waals surface area contributed by atoms with Crippen molar-refractivity contribution in [2.45, 2.75) is 32.9 Å². The number of hydrogen-bond acceptors (Lipinski definition) is 6. The normalized spacial score (nSPS) is 10.7. The number of ketones is 1. The van der Waals surface area contributed by atoms with Crippen LogP contribution in [0.5, 0.6) is 0 Å². The van der Waals surface area contributed by atoms with Crippen LogP contribution in [0.25, 0.3) is 0 Å². The van der Waals surface area contributed by atoms with Gasteiger partial charge in [-0.15, -0.1) is 10.2 Å². The third-order valence-electron chi connectivity index (χ3n) is 2.68. The van der Waals surface area contributed by atoms with E-state index in [0.717, 1.165) is 12.8 Å². The third kappa shape index (κ3) is 3.46. The molecule has 0 aromatic carbocycles. The van der Waals surface area contributed by atoms with Gasteiger partial charge in [-0.2, -0.15) is 0 Å². The zero-order valence-corrected chi connectivity index (χ0v) is 10.9. The molecule has 1 N–H and O–H groups in total. The van der Waals surface area contributed by atoms with E-state index in [2.05, 4.69) is 20.6 Å². The van der Waals surface area contributed by atoms with Gasteiger partial charge in [-0.3, -0.25) is 14.2 Å². The van der Waals surface area contributed by atoms with Crippen LogP contribution < -0.4 is 0 Å². The van der Waals surface area contributed by atoms with Gasteiger partial charge in [-0.1, -0.05) is 10.4 Å². The summed E-state index contributed by atoms with van der Waals surface area (Å²) in [5.41, 5.74) is 0.291. The molecular weight excluding hydrogens is 264 g/mol. The number of hydrogen-bond donors (Lipinski definition) is 1. The second-order valence-corrected chi connectivity index (χ2v) is 4.30. The first-order valence-corrected chi connectivity index (χ1v) is 6.11. The Morgan fingerprint density at radius 2 is 1.55 bits per heavy atom. The molecule has 0 fully saturated rings. The van der Waals surface area contributed by atoms with Crippen molar-refractivity contribution in [3.63, 3.8) is 0 Å². The summed E-state index contributed by atoms with van der Waals surface area (Å²) in [7, 11) is 0. The Kier molecular flexibility index (Phi) is 4.18. The predicted octanol–water partition coefficient (Wildman–Crippen LogP) is 0.251. The molecule has 0 saturated heterocycles. The van der Waals surface area contributed by atoms with Gasteiger partial charge in [0.1, 0.15) is 5.69 Å². The predicted molar refractivity (Wildman–Crippen MR) is 66.2 cm³/mol. The number of unbranched alkanes of at least 4 members (excludes halogenated alkanes) is 1. The summed E-state index contributed by atoms with van der Waals surface area (Å²) in [5.74, 6) is -1.20. The van der Waals surface area contributed by atoms with Crippen LogP contribution in [0.15, 0.2) is 12.4 Å². The van der Waals surface area contributed by atoms with E-state index in [-0.39, 0.29) is 11.5 Å². The molecule has 0 saturated carbocycles. The van der Waals surface area contributed by atoms with Crippen molar-refractivity contribution in [3.8, 4) is 0 Å². The van der Waals surface area contributed by atoms with E-state index in [9.17, 15) is 9.59 Å². The van der Waals surface area contributed by atoms with Crippen molar-refractivity contribution in [3.05, 3.63) is 23.8 Å². The van der Waals surface area contributed by atoms with Crippen LogP contribution in [-0.4, -0.2) is 46.8 Å². The van der Waals surface area contributed by atoms with E-state index in [4.69, 9.17) is 5.11 Å². The lowest BCUT2D eigenvalue weighted by molar-refractivity contribution is 0.0690. The molecule has 0 bridgehead atoms.